The Labute approximate surface area is 155 Å². The Kier molecular flexibility index (Phi) is 6.63. The van der Waals surface area contributed by atoms with Crippen molar-refractivity contribution in [1.29, 1.82) is 0 Å². The maximum Gasteiger partial charge on any atom is 0.251 e. The molecule has 2 aromatic carbocycles. The summed E-state index contributed by atoms with van der Waals surface area (Å²) in [4.78, 5) is 14.4. The summed E-state index contributed by atoms with van der Waals surface area (Å²) >= 11 is 0. The lowest BCUT2D eigenvalue weighted by Crippen LogP contribution is -2.23. The molecule has 2 aromatic rings. The Bertz CT molecular complexity index is 864. The van der Waals surface area contributed by atoms with E-state index >= 15 is 0 Å². The number of hydrogen-bond acceptors (Lipinski definition) is 4. The molecule has 0 saturated carbocycles. The van der Waals surface area contributed by atoms with E-state index in [1.165, 1.54) is 0 Å². The molecule has 0 spiro atoms. The van der Waals surface area contributed by atoms with Gasteiger partial charge < -0.3 is 10.2 Å². The first kappa shape index (κ1) is 19.8. The van der Waals surface area contributed by atoms with Gasteiger partial charge in [-0.2, -0.15) is 0 Å². The van der Waals surface area contributed by atoms with Crippen LogP contribution in [0, 0.1) is 0 Å². The SMILES string of the molecule is CCCS(=O)(=O)Nc1cccc(C(=O)NCc2cccc(N(C)C)c2)c1. The van der Waals surface area contributed by atoms with Gasteiger partial charge in [0.15, 0.2) is 0 Å². The van der Waals surface area contributed by atoms with Crippen LogP contribution in [0.3, 0.4) is 0 Å². The summed E-state index contributed by atoms with van der Waals surface area (Å²) in [7, 11) is 0.540. The summed E-state index contributed by atoms with van der Waals surface area (Å²) in [6, 6.07) is 14.4. The molecular formula is C19H25N3O3S. The van der Waals surface area contributed by atoms with Crippen molar-refractivity contribution < 1.29 is 13.2 Å². The number of carbonyl (C=O) groups is 1. The second-order valence-corrected chi connectivity index (χ2v) is 8.09. The molecule has 140 valence electrons. The van der Waals surface area contributed by atoms with Crippen molar-refractivity contribution >= 4 is 27.3 Å². The van der Waals surface area contributed by atoms with Crippen LogP contribution in [0.15, 0.2) is 48.5 Å². The molecule has 1 amide bonds. The maximum atomic E-state index is 12.4. The van der Waals surface area contributed by atoms with Crippen LogP contribution in [0.1, 0.15) is 29.3 Å². The Balaban J connectivity index is 2.04. The molecule has 2 N–H and O–H groups in total. The maximum absolute atomic E-state index is 12.4. The van der Waals surface area contributed by atoms with Gasteiger partial charge in [-0.25, -0.2) is 8.42 Å². The topological polar surface area (TPSA) is 78.5 Å². The third kappa shape index (κ3) is 5.77. The molecule has 0 heterocycles. The van der Waals surface area contributed by atoms with Crippen molar-refractivity contribution in [3.05, 3.63) is 59.7 Å². The first-order valence-corrected chi connectivity index (χ1v) is 10.1. The zero-order valence-corrected chi connectivity index (χ0v) is 16.1. The predicted molar refractivity (Wildman–Crippen MR) is 106 cm³/mol. The summed E-state index contributed by atoms with van der Waals surface area (Å²) < 4.78 is 26.2. The highest BCUT2D eigenvalue weighted by Crippen LogP contribution is 2.15. The third-order valence-electron chi connectivity index (χ3n) is 3.75. The van der Waals surface area contributed by atoms with Crippen molar-refractivity contribution in [3.8, 4) is 0 Å². The van der Waals surface area contributed by atoms with Gasteiger partial charge in [0.25, 0.3) is 5.91 Å². The van der Waals surface area contributed by atoms with Crippen molar-refractivity contribution in [2.24, 2.45) is 0 Å². The third-order valence-corrected chi connectivity index (χ3v) is 5.24. The van der Waals surface area contributed by atoms with Gasteiger partial charge in [-0.15, -0.1) is 0 Å². The van der Waals surface area contributed by atoms with Crippen LogP contribution in [0.5, 0.6) is 0 Å². The molecule has 0 aliphatic heterocycles. The summed E-state index contributed by atoms with van der Waals surface area (Å²) in [6.07, 6.45) is 0.529. The standard InChI is InChI=1S/C19H25N3O3S/c1-4-11-26(24,25)21-17-9-6-8-16(13-17)19(23)20-14-15-7-5-10-18(12-15)22(2)3/h5-10,12-13,21H,4,11,14H2,1-3H3,(H,20,23). The lowest BCUT2D eigenvalue weighted by atomic mass is 10.1. The average molecular weight is 375 g/mol. The van der Waals surface area contributed by atoms with Crippen LogP contribution in [-0.2, 0) is 16.6 Å². The van der Waals surface area contributed by atoms with Crippen molar-refractivity contribution in [2.75, 3.05) is 29.5 Å². The Hall–Kier alpha value is -2.54. The van der Waals surface area contributed by atoms with Crippen LogP contribution in [0.4, 0.5) is 11.4 Å². The van der Waals surface area contributed by atoms with E-state index in [2.05, 4.69) is 10.0 Å². The molecule has 6 nitrogen and oxygen atoms in total. The van der Waals surface area contributed by atoms with Crippen molar-refractivity contribution in [1.82, 2.24) is 5.32 Å². The van der Waals surface area contributed by atoms with E-state index in [0.29, 0.717) is 24.2 Å². The van der Waals surface area contributed by atoms with E-state index in [9.17, 15) is 13.2 Å². The molecule has 0 aromatic heterocycles. The Morgan fingerprint density at radius 2 is 1.81 bits per heavy atom. The van der Waals surface area contributed by atoms with Crippen LogP contribution < -0.4 is 14.9 Å². The number of benzene rings is 2. The quantitative estimate of drug-likeness (QED) is 0.744. The Morgan fingerprint density at radius 3 is 2.50 bits per heavy atom. The van der Waals surface area contributed by atoms with E-state index in [4.69, 9.17) is 0 Å². The normalized spacial score (nSPS) is 11.0. The van der Waals surface area contributed by atoms with E-state index < -0.39 is 10.0 Å². The summed E-state index contributed by atoms with van der Waals surface area (Å²) in [5.41, 5.74) is 2.85. The zero-order valence-electron chi connectivity index (χ0n) is 15.3. The molecule has 0 aliphatic rings. The van der Waals surface area contributed by atoms with Crippen LogP contribution in [0.2, 0.25) is 0 Å². The molecule has 26 heavy (non-hydrogen) atoms. The number of amides is 1. The predicted octanol–water partition coefficient (Wildman–Crippen LogP) is 2.83. The number of anilines is 2. The van der Waals surface area contributed by atoms with E-state index in [1.807, 2.05) is 43.3 Å². The zero-order chi connectivity index (χ0) is 19.2. The minimum atomic E-state index is -3.38. The van der Waals surface area contributed by atoms with Crippen molar-refractivity contribution in [2.45, 2.75) is 19.9 Å². The van der Waals surface area contributed by atoms with Crippen LogP contribution >= 0.6 is 0 Å². The van der Waals surface area contributed by atoms with E-state index in [0.717, 1.165) is 11.3 Å². The van der Waals surface area contributed by atoms with Gasteiger partial charge in [0, 0.05) is 37.6 Å². The molecule has 0 fully saturated rings. The number of carbonyl (C=O) groups excluding carboxylic acids is 1. The molecule has 0 radical (unpaired) electrons. The second-order valence-electron chi connectivity index (χ2n) is 6.25. The molecule has 7 heteroatoms. The second kappa shape index (κ2) is 8.71. The summed E-state index contributed by atoms with van der Waals surface area (Å²) in [5.74, 6) is -0.206. The minimum Gasteiger partial charge on any atom is -0.378 e. The van der Waals surface area contributed by atoms with Crippen LogP contribution in [0.25, 0.3) is 0 Å². The number of nitrogens with zero attached hydrogens (tertiary/aromatic N) is 1. The monoisotopic (exact) mass is 375 g/mol. The van der Waals surface area contributed by atoms with Gasteiger partial charge in [-0.1, -0.05) is 25.1 Å². The van der Waals surface area contributed by atoms with Gasteiger partial charge in [0.2, 0.25) is 10.0 Å². The Morgan fingerprint density at radius 1 is 1.08 bits per heavy atom. The number of sulfonamides is 1. The summed E-state index contributed by atoms with van der Waals surface area (Å²) in [6.45, 7) is 2.20. The van der Waals surface area contributed by atoms with Gasteiger partial charge in [-0.3, -0.25) is 9.52 Å². The smallest absolute Gasteiger partial charge is 0.251 e. The fourth-order valence-electron chi connectivity index (χ4n) is 2.45. The summed E-state index contributed by atoms with van der Waals surface area (Å²) in [5, 5.41) is 2.86. The molecular weight excluding hydrogens is 350 g/mol. The number of hydrogen-bond donors (Lipinski definition) is 2. The van der Waals surface area contributed by atoms with Gasteiger partial charge >= 0.3 is 0 Å². The molecule has 0 aliphatic carbocycles. The molecule has 0 saturated heterocycles. The van der Waals surface area contributed by atoms with E-state index in [-0.39, 0.29) is 11.7 Å². The molecule has 0 bridgehead atoms. The highest BCUT2D eigenvalue weighted by Gasteiger charge is 2.11. The molecule has 0 unspecified atom stereocenters. The fraction of sp³-hybridized carbons (Fsp3) is 0.316. The van der Waals surface area contributed by atoms with Crippen molar-refractivity contribution in [3.63, 3.8) is 0 Å². The van der Waals surface area contributed by atoms with Crippen LogP contribution in [-0.4, -0.2) is 34.2 Å². The highest BCUT2D eigenvalue weighted by molar-refractivity contribution is 7.92. The van der Waals surface area contributed by atoms with Gasteiger partial charge in [-0.05, 0) is 42.3 Å². The van der Waals surface area contributed by atoms with Gasteiger partial charge in [0.1, 0.15) is 0 Å². The number of nitrogens with one attached hydrogen (secondary N) is 2. The first-order chi connectivity index (χ1) is 12.3. The van der Waals surface area contributed by atoms with E-state index in [1.54, 1.807) is 31.2 Å². The minimum absolute atomic E-state index is 0.0473. The lowest BCUT2D eigenvalue weighted by molar-refractivity contribution is 0.0951. The van der Waals surface area contributed by atoms with Gasteiger partial charge in [0.05, 0.1) is 5.75 Å². The fourth-order valence-corrected chi connectivity index (χ4v) is 3.58. The first-order valence-electron chi connectivity index (χ1n) is 8.46. The molecule has 0 atom stereocenters. The highest BCUT2D eigenvalue weighted by atomic mass is 32.2. The average Bonchev–Trinajstić information content (AvgIpc) is 2.59. The largest absolute Gasteiger partial charge is 0.378 e. The number of rotatable bonds is 8. The lowest BCUT2D eigenvalue weighted by Gasteiger charge is -2.14. The molecule has 2 rings (SSSR count).